The predicted octanol–water partition coefficient (Wildman–Crippen LogP) is 2.22. The maximum atomic E-state index is 12.4. The van der Waals surface area contributed by atoms with Gasteiger partial charge in [0.25, 0.3) is 5.91 Å². The normalized spacial score (nSPS) is 10.2. The van der Waals surface area contributed by atoms with Gasteiger partial charge in [-0.2, -0.15) is 0 Å². The Bertz CT molecular complexity index is 499. The summed E-state index contributed by atoms with van der Waals surface area (Å²) in [4.78, 5) is 28.3. The van der Waals surface area contributed by atoms with Crippen molar-refractivity contribution in [3.63, 3.8) is 0 Å². The first kappa shape index (κ1) is 16.6. The Labute approximate surface area is 126 Å². The van der Waals surface area contributed by atoms with Crippen LogP contribution in [-0.2, 0) is 4.79 Å². The van der Waals surface area contributed by atoms with Crippen molar-refractivity contribution in [1.29, 1.82) is 0 Å². The van der Waals surface area contributed by atoms with Crippen LogP contribution in [0.25, 0.3) is 0 Å². The first-order chi connectivity index (χ1) is 9.40. The fourth-order valence-corrected chi connectivity index (χ4v) is 2.20. The number of rotatable bonds is 5. The van der Waals surface area contributed by atoms with Crippen LogP contribution in [0.3, 0.4) is 0 Å². The molecule has 0 aromatic heterocycles. The van der Waals surface area contributed by atoms with Crippen molar-refractivity contribution in [3.05, 3.63) is 29.3 Å². The predicted molar refractivity (Wildman–Crippen MR) is 83.3 cm³/mol. The summed E-state index contributed by atoms with van der Waals surface area (Å²) in [5.74, 6) is -0.190. The number of hydrogen-bond acceptors (Lipinski definition) is 3. The fraction of sp³-hybridized carbons (Fsp3) is 0.467. The average molecular weight is 294 g/mol. The number of nitrogens with zero attached hydrogens (tertiary/aromatic N) is 2. The summed E-state index contributed by atoms with van der Waals surface area (Å²) in [6.07, 6.45) is 0. The number of hydrogen-bond donors (Lipinski definition) is 1. The van der Waals surface area contributed by atoms with Crippen molar-refractivity contribution >= 4 is 24.4 Å². The average Bonchev–Trinajstić information content (AvgIpc) is 2.42. The summed E-state index contributed by atoms with van der Waals surface area (Å²) in [5.41, 5.74) is 1.47. The number of aryl methyl sites for hydroxylation is 1. The van der Waals surface area contributed by atoms with Crippen LogP contribution in [0.4, 0.5) is 0 Å². The van der Waals surface area contributed by atoms with Gasteiger partial charge in [-0.15, -0.1) is 12.6 Å². The number of thiol groups is 1. The Hall–Kier alpha value is -1.49. The third-order valence-electron chi connectivity index (χ3n) is 3.29. The number of carbonyl (C=O) groups is 2. The van der Waals surface area contributed by atoms with Crippen molar-refractivity contribution < 1.29 is 9.59 Å². The lowest BCUT2D eigenvalue weighted by molar-refractivity contribution is -0.131. The van der Waals surface area contributed by atoms with Gasteiger partial charge in [0, 0.05) is 30.6 Å². The molecule has 4 nitrogen and oxygen atoms in total. The molecule has 0 heterocycles. The van der Waals surface area contributed by atoms with Crippen LogP contribution in [0.15, 0.2) is 23.1 Å². The van der Waals surface area contributed by atoms with Gasteiger partial charge in [-0.3, -0.25) is 9.59 Å². The van der Waals surface area contributed by atoms with Crippen LogP contribution < -0.4 is 0 Å². The zero-order valence-electron chi connectivity index (χ0n) is 12.5. The minimum atomic E-state index is -0.154. The SMILES string of the molecule is CCN(CC)C(=O)CN(C)C(=O)c1cc(S)ccc1C. The summed E-state index contributed by atoms with van der Waals surface area (Å²) in [7, 11) is 1.65. The summed E-state index contributed by atoms with van der Waals surface area (Å²) >= 11 is 4.25. The molecule has 2 amide bonds. The maximum absolute atomic E-state index is 12.4. The van der Waals surface area contributed by atoms with E-state index in [1.54, 1.807) is 18.0 Å². The lowest BCUT2D eigenvalue weighted by Crippen LogP contribution is -2.41. The van der Waals surface area contributed by atoms with Crippen LogP contribution in [0, 0.1) is 6.92 Å². The highest BCUT2D eigenvalue weighted by molar-refractivity contribution is 7.80. The molecule has 0 bridgehead atoms. The zero-order valence-corrected chi connectivity index (χ0v) is 13.4. The highest BCUT2D eigenvalue weighted by Gasteiger charge is 2.19. The van der Waals surface area contributed by atoms with Gasteiger partial charge in [0.2, 0.25) is 5.91 Å². The molecule has 20 heavy (non-hydrogen) atoms. The second-order valence-corrected chi connectivity index (χ2v) is 5.24. The van der Waals surface area contributed by atoms with E-state index in [0.717, 1.165) is 10.5 Å². The summed E-state index contributed by atoms with van der Waals surface area (Å²) in [6, 6.07) is 5.44. The fourth-order valence-electron chi connectivity index (χ4n) is 2.00. The lowest BCUT2D eigenvalue weighted by Gasteiger charge is -2.23. The smallest absolute Gasteiger partial charge is 0.254 e. The second kappa shape index (κ2) is 7.33. The molecule has 1 aromatic rings. The summed E-state index contributed by atoms with van der Waals surface area (Å²) in [5, 5.41) is 0. The lowest BCUT2D eigenvalue weighted by atomic mass is 10.1. The molecule has 0 saturated carbocycles. The van der Waals surface area contributed by atoms with Crippen molar-refractivity contribution in [2.24, 2.45) is 0 Å². The Balaban J connectivity index is 2.82. The van der Waals surface area contributed by atoms with E-state index in [2.05, 4.69) is 12.6 Å². The third-order valence-corrected chi connectivity index (χ3v) is 3.57. The molecule has 0 aliphatic heterocycles. The quantitative estimate of drug-likeness (QED) is 0.846. The van der Waals surface area contributed by atoms with E-state index >= 15 is 0 Å². The summed E-state index contributed by atoms with van der Waals surface area (Å²) < 4.78 is 0. The van der Waals surface area contributed by atoms with Gasteiger partial charge in [0.1, 0.15) is 0 Å². The van der Waals surface area contributed by atoms with Gasteiger partial charge in [-0.05, 0) is 38.5 Å². The molecule has 0 aliphatic carbocycles. The Morgan fingerprint density at radius 1 is 1.20 bits per heavy atom. The van der Waals surface area contributed by atoms with Gasteiger partial charge in [-0.25, -0.2) is 0 Å². The maximum Gasteiger partial charge on any atom is 0.254 e. The summed E-state index contributed by atoms with van der Waals surface area (Å²) in [6.45, 7) is 7.14. The molecule has 0 radical (unpaired) electrons. The van der Waals surface area contributed by atoms with Crippen molar-refractivity contribution in [3.8, 4) is 0 Å². The first-order valence-corrected chi connectivity index (χ1v) is 7.18. The zero-order chi connectivity index (χ0) is 15.3. The Morgan fingerprint density at radius 3 is 2.35 bits per heavy atom. The van der Waals surface area contributed by atoms with E-state index in [9.17, 15) is 9.59 Å². The van der Waals surface area contributed by atoms with Crippen LogP contribution in [0.5, 0.6) is 0 Å². The van der Waals surface area contributed by atoms with E-state index in [1.807, 2.05) is 32.9 Å². The monoisotopic (exact) mass is 294 g/mol. The third kappa shape index (κ3) is 4.00. The molecule has 1 rings (SSSR count). The van der Waals surface area contributed by atoms with E-state index in [0.29, 0.717) is 18.7 Å². The molecule has 5 heteroatoms. The van der Waals surface area contributed by atoms with Crippen molar-refractivity contribution in [2.45, 2.75) is 25.7 Å². The number of carbonyl (C=O) groups excluding carboxylic acids is 2. The van der Waals surface area contributed by atoms with E-state index < -0.39 is 0 Å². The van der Waals surface area contributed by atoms with Crippen molar-refractivity contribution in [2.75, 3.05) is 26.7 Å². The van der Waals surface area contributed by atoms with E-state index in [1.165, 1.54) is 4.90 Å². The first-order valence-electron chi connectivity index (χ1n) is 6.73. The second-order valence-electron chi connectivity index (χ2n) is 4.73. The molecule has 0 fully saturated rings. The van der Waals surface area contributed by atoms with Crippen LogP contribution in [0.2, 0.25) is 0 Å². The van der Waals surface area contributed by atoms with E-state index in [4.69, 9.17) is 0 Å². The molecule has 1 aromatic carbocycles. The standard InChI is InChI=1S/C15H22N2O2S/c1-5-17(6-2)14(18)10-16(4)15(19)13-9-12(20)8-7-11(13)3/h7-9,20H,5-6,10H2,1-4H3. The molecule has 0 spiro atoms. The van der Waals surface area contributed by atoms with Gasteiger partial charge >= 0.3 is 0 Å². The molecule has 0 aliphatic rings. The molecule has 0 saturated heterocycles. The highest BCUT2D eigenvalue weighted by Crippen LogP contribution is 2.15. The van der Waals surface area contributed by atoms with Gasteiger partial charge in [0.05, 0.1) is 6.54 Å². The molecule has 0 unspecified atom stereocenters. The van der Waals surface area contributed by atoms with Crippen LogP contribution in [-0.4, -0.2) is 48.3 Å². The van der Waals surface area contributed by atoms with E-state index in [-0.39, 0.29) is 18.4 Å². The topological polar surface area (TPSA) is 40.6 Å². The highest BCUT2D eigenvalue weighted by atomic mass is 32.1. The van der Waals surface area contributed by atoms with Gasteiger partial charge in [0.15, 0.2) is 0 Å². The number of benzene rings is 1. The largest absolute Gasteiger partial charge is 0.342 e. The molecule has 0 atom stereocenters. The minimum Gasteiger partial charge on any atom is -0.342 e. The molecular formula is C15H22N2O2S. The molecule has 0 N–H and O–H groups in total. The van der Waals surface area contributed by atoms with Crippen LogP contribution >= 0.6 is 12.6 Å². The van der Waals surface area contributed by atoms with Crippen LogP contribution in [0.1, 0.15) is 29.8 Å². The number of likely N-dealkylation sites (N-methyl/N-ethyl adjacent to an activating group) is 2. The Morgan fingerprint density at radius 2 is 1.80 bits per heavy atom. The Kier molecular flexibility index (Phi) is 6.07. The minimum absolute atomic E-state index is 0.0365. The molecule has 110 valence electrons. The van der Waals surface area contributed by atoms with Gasteiger partial charge < -0.3 is 9.80 Å². The van der Waals surface area contributed by atoms with Gasteiger partial charge in [-0.1, -0.05) is 6.07 Å². The van der Waals surface area contributed by atoms with Crippen molar-refractivity contribution in [1.82, 2.24) is 9.80 Å². The molecular weight excluding hydrogens is 272 g/mol. The number of amides is 2.